The van der Waals surface area contributed by atoms with Crippen LogP contribution in [0.2, 0.25) is 0 Å². The molecule has 0 spiro atoms. The SMILES string of the molecule is O=C1C=C2/C(=C\C=C/Oc3ccccc32)C=N1. The summed E-state index contributed by atoms with van der Waals surface area (Å²) in [6.45, 7) is 0. The lowest BCUT2D eigenvalue weighted by atomic mass is 9.95. The summed E-state index contributed by atoms with van der Waals surface area (Å²) in [7, 11) is 0. The molecule has 0 unspecified atom stereocenters. The van der Waals surface area contributed by atoms with Gasteiger partial charge in [-0.25, -0.2) is 4.99 Å². The van der Waals surface area contributed by atoms with E-state index in [1.807, 2.05) is 30.3 Å². The second-order valence-corrected chi connectivity index (χ2v) is 3.72. The molecule has 17 heavy (non-hydrogen) atoms. The van der Waals surface area contributed by atoms with E-state index >= 15 is 0 Å². The molecular weight excluding hydrogens is 214 g/mol. The molecule has 0 aromatic heterocycles. The van der Waals surface area contributed by atoms with Crippen molar-refractivity contribution in [1.29, 1.82) is 0 Å². The first-order chi connectivity index (χ1) is 8.34. The van der Waals surface area contributed by atoms with Crippen LogP contribution in [-0.4, -0.2) is 12.1 Å². The predicted octanol–water partition coefficient (Wildman–Crippen LogP) is 2.51. The molecule has 3 heteroatoms. The molecule has 3 nitrogen and oxygen atoms in total. The van der Waals surface area contributed by atoms with Crippen LogP contribution in [0.25, 0.3) is 5.57 Å². The van der Waals surface area contributed by atoms with Crippen molar-refractivity contribution in [3.05, 3.63) is 59.9 Å². The van der Waals surface area contributed by atoms with E-state index < -0.39 is 0 Å². The Morgan fingerprint density at radius 2 is 2.06 bits per heavy atom. The van der Waals surface area contributed by atoms with Crippen LogP contribution in [0.3, 0.4) is 0 Å². The minimum Gasteiger partial charge on any atom is -0.464 e. The molecule has 0 aliphatic carbocycles. The Hall–Kier alpha value is -2.42. The quantitative estimate of drug-likeness (QED) is 0.677. The third-order valence-corrected chi connectivity index (χ3v) is 2.64. The first-order valence-corrected chi connectivity index (χ1v) is 5.27. The molecule has 0 atom stereocenters. The number of allylic oxidation sites excluding steroid dienone is 4. The second-order valence-electron chi connectivity index (χ2n) is 3.72. The molecule has 2 heterocycles. The highest BCUT2D eigenvalue weighted by molar-refractivity contribution is 6.16. The largest absolute Gasteiger partial charge is 0.464 e. The van der Waals surface area contributed by atoms with Gasteiger partial charge < -0.3 is 4.74 Å². The minimum atomic E-state index is -0.239. The van der Waals surface area contributed by atoms with E-state index in [4.69, 9.17) is 4.74 Å². The van der Waals surface area contributed by atoms with Crippen LogP contribution in [-0.2, 0) is 4.79 Å². The minimum absolute atomic E-state index is 0.239. The Bertz CT molecular complexity index is 606. The van der Waals surface area contributed by atoms with Crippen molar-refractivity contribution in [1.82, 2.24) is 0 Å². The van der Waals surface area contributed by atoms with Gasteiger partial charge in [-0.2, -0.15) is 0 Å². The number of carbonyl (C=O) groups is 1. The van der Waals surface area contributed by atoms with Crippen molar-refractivity contribution >= 4 is 17.7 Å². The molecule has 1 aromatic rings. The topological polar surface area (TPSA) is 38.7 Å². The normalized spacial score (nSPS) is 22.0. The molecule has 0 saturated carbocycles. The molecular formula is C14H9NO2. The maximum atomic E-state index is 11.4. The van der Waals surface area contributed by atoms with Gasteiger partial charge >= 0.3 is 0 Å². The highest BCUT2D eigenvalue weighted by atomic mass is 16.5. The van der Waals surface area contributed by atoms with Crippen molar-refractivity contribution in [2.24, 2.45) is 4.99 Å². The number of hydrogen-bond acceptors (Lipinski definition) is 2. The zero-order chi connectivity index (χ0) is 11.7. The standard InChI is InChI=1S/C14H9NO2/c16-14-8-12-10(9-15-14)4-3-7-17-13-6-2-1-5-11(12)13/h1-9H/b7-3-,10-4-. The molecule has 1 aromatic carbocycles. The van der Waals surface area contributed by atoms with E-state index in [-0.39, 0.29) is 5.91 Å². The fourth-order valence-corrected chi connectivity index (χ4v) is 1.86. The third kappa shape index (κ3) is 1.72. The van der Waals surface area contributed by atoms with Gasteiger partial charge in [-0.1, -0.05) is 18.2 Å². The smallest absolute Gasteiger partial charge is 0.270 e. The molecule has 3 rings (SSSR count). The summed E-state index contributed by atoms with van der Waals surface area (Å²) in [4.78, 5) is 15.1. The molecule has 0 bridgehead atoms. The fourth-order valence-electron chi connectivity index (χ4n) is 1.86. The first-order valence-electron chi connectivity index (χ1n) is 5.27. The van der Waals surface area contributed by atoms with Crippen LogP contribution in [0.4, 0.5) is 0 Å². The van der Waals surface area contributed by atoms with Crippen molar-refractivity contribution in [3.63, 3.8) is 0 Å². The maximum Gasteiger partial charge on any atom is 0.270 e. The van der Waals surface area contributed by atoms with Crippen molar-refractivity contribution in [3.8, 4) is 5.75 Å². The Morgan fingerprint density at radius 1 is 1.18 bits per heavy atom. The lowest BCUT2D eigenvalue weighted by molar-refractivity contribution is -0.113. The number of para-hydroxylation sites is 1. The van der Waals surface area contributed by atoms with E-state index in [1.165, 1.54) is 6.08 Å². The number of fused-ring (bicyclic) bond motifs is 3. The number of dihydropyridines is 1. The average molecular weight is 223 g/mol. The first kappa shape index (κ1) is 9.78. The number of benzene rings is 1. The van der Waals surface area contributed by atoms with Crippen LogP contribution in [0.5, 0.6) is 5.75 Å². The number of amides is 1. The highest BCUT2D eigenvalue weighted by Crippen LogP contribution is 2.33. The zero-order valence-corrected chi connectivity index (χ0v) is 8.96. The van der Waals surface area contributed by atoms with Crippen LogP contribution >= 0.6 is 0 Å². The van der Waals surface area contributed by atoms with E-state index in [9.17, 15) is 4.79 Å². The Balaban J connectivity index is 2.25. The number of ether oxygens (including phenoxy) is 1. The van der Waals surface area contributed by atoms with Gasteiger partial charge in [0, 0.05) is 23.4 Å². The van der Waals surface area contributed by atoms with E-state index in [1.54, 1.807) is 18.6 Å². The molecule has 2 aliphatic rings. The molecule has 0 fully saturated rings. The van der Waals surface area contributed by atoms with Gasteiger partial charge in [-0.15, -0.1) is 0 Å². The number of hydrogen-bond donors (Lipinski definition) is 0. The Kier molecular flexibility index (Phi) is 2.22. The van der Waals surface area contributed by atoms with Gasteiger partial charge in [0.15, 0.2) is 0 Å². The summed E-state index contributed by atoms with van der Waals surface area (Å²) >= 11 is 0. The van der Waals surface area contributed by atoms with Crippen molar-refractivity contribution < 1.29 is 9.53 Å². The summed E-state index contributed by atoms with van der Waals surface area (Å²) in [5, 5.41) is 0. The average Bonchev–Trinajstić information content (AvgIpc) is 2.34. The maximum absolute atomic E-state index is 11.4. The van der Waals surface area contributed by atoms with E-state index in [0.29, 0.717) is 0 Å². The monoisotopic (exact) mass is 223 g/mol. The van der Waals surface area contributed by atoms with E-state index in [2.05, 4.69) is 4.99 Å². The Labute approximate surface area is 98.4 Å². The van der Waals surface area contributed by atoms with Gasteiger partial charge in [-0.05, 0) is 23.8 Å². The number of rotatable bonds is 0. The number of nitrogens with zero attached hydrogens (tertiary/aromatic N) is 1. The Morgan fingerprint density at radius 3 is 3.00 bits per heavy atom. The summed E-state index contributed by atoms with van der Waals surface area (Å²) in [6, 6.07) is 7.62. The molecule has 0 radical (unpaired) electrons. The van der Waals surface area contributed by atoms with Crippen LogP contribution < -0.4 is 4.74 Å². The molecule has 2 aliphatic heterocycles. The lowest BCUT2D eigenvalue weighted by Crippen LogP contribution is -2.05. The fraction of sp³-hybridized carbons (Fsp3) is 0. The number of carbonyl (C=O) groups excluding carboxylic acids is 1. The molecule has 0 saturated heterocycles. The molecule has 1 amide bonds. The zero-order valence-electron chi connectivity index (χ0n) is 8.96. The van der Waals surface area contributed by atoms with Crippen LogP contribution in [0.1, 0.15) is 5.56 Å². The summed E-state index contributed by atoms with van der Waals surface area (Å²) < 4.78 is 5.49. The van der Waals surface area contributed by atoms with Gasteiger partial charge in [0.25, 0.3) is 5.91 Å². The van der Waals surface area contributed by atoms with Crippen molar-refractivity contribution in [2.45, 2.75) is 0 Å². The van der Waals surface area contributed by atoms with E-state index in [0.717, 1.165) is 22.5 Å². The summed E-state index contributed by atoms with van der Waals surface area (Å²) in [5.74, 6) is 0.500. The second kappa shape index (κ2) is 3.87. The van der Waals surface area contributed by atoms with Crippen LogP contribution in [0, 0.1) is 0 Å². The molecule has 82 valence electrons. The van der Waals surface area contributed by atoms with Gasteiger partial charge in [0.05, 0.1) is 6.26 Å². The summed E-state index contributed by atoms with van der Waals surface area (Å²) in [6.07, 6.45) is 8.41. The van der Waals surface area contributed by atoms with Crippen LogP contribution in [0.15, 0.2) is 59.3 Å². The predicted molar refractivity (Wildman–Crippen MR) is 65.8 cm³/mol. The van der Waals surface area contributed by atoms with Crippen molar-refractivity contribution in [2.75, 3.05) is 0 Å². The highest BCUT2D eigenvalue weighted by Gasteiger charge is 2.17. The molecule has 0 N–H and O–H groups in total. The van der Waals surface area contributed by atoms with Gasteiger partial charge in [0.2, 0.25) is 0 Å². The lowest BCUT2D eigenvalue weighted by Gasteiger charge is -2.16. The third-order valence-electron chi connectivity index (χ3n) is 2.64. The van der Waals surface area contributed by atoms with Gasteiger partial charge in [0.1, 0.15) is 5.75 Å². The number of aliphatic imine (C=N–C) groups is 1. The van der Waals surface area contributed by atoms with Gasteiger partial charge in [-0.3, -0.25) is 4.79 Å². The summed E-state index contributed by atoms with van der Waals surface area (Å²) in [5.41, 5.74) is 2.67.